The molecule has 7 heteroatoms. The molecule has 0 radical (unpaired) electrons. The van der Waals surface area contributed by atoms with Gasteiger partial charge in [0, 0.05) is 6.61 Å². The Morgan fingerprint density at radius 1 is 1.45 bits per heavy atom. The van der Waals surface area contributed by atoms with E-state index < -0.39 is 0 Å². The molecule has 3 atom stereocenters. The maximum atomic E-state index is 12.1. The fourth-order valence-electron chi connectivity index (χ4n) is 2.73. The molecule has 1 aromatic rings. The van der Waals surface area contributed by atoms with Crippen molar-refractivity contribution in [3.63, 3.8) is 0 Å². The molecule has 2 fully saturated rings. The molecular formula is C13H20N4O3. The first kappa shape index (κ1) is 13.5. The van der Waals surface area contributed by atoms with Gasteiger partial charge in [-0.1, -0.05) is 5.16 Å². The van der Waals surface area contributed by atoms with Crippen LogP contribution in [0.1, 0.15) is 55.2 Å². The fourth-order valence-corrected chi connectivity index (χ4v) is 2.73. The first-order valence-corrected chi connectivity index (χ1v) is 7.23. The number of ether oxygens (including phenoxy) is 1. The Hall–Kier alpha value is -1.47. The minimum atomic E-state index is -0.305. The zero-order valence-corrected chi connectivity index (χ0v) is 11.6. The molecule has 2 aliphatic heterocycles. The largest absolute Gasteiger partial charge is 0.376 e. The van der Waals surface area contributed by atoms with Crippen molar-refractivity contribution in [2.45, 2.75) is 50.8 Å². The van der Waals surface area contributed by atoms with Crippen LogP contribution in [0.3, 0.4) is 0 Å². The van der Waals surface area contributed by atoms with Gasteiger partial charge in [-0.25, -0.2) is 0 Å². The number of carbonyl (C=O) groups is 1. The first-order valence-electron chi connectivity index (χ1n) is 7.23. The SMILES string of the molecule is CC(NC(=O)c1noc(C2CCCN2)n1)C1CCCO1. The van der Waals surface area contributed by atoms with E-state index in [4.69, 9.17) is 9.26 Å². The second-order valence-corrected chi connectivity index (χ2v) is 5.42. The Kier molecular flexibility index (Phi) is 3.98. The van der Waals surface area contributed by atoms with Crippen molar-refractivity contribution in [3.05, 3.63) is 11.7 Å². The molecule has 0 saturated carbocycles. The maximum absolute atomic E-state index is 12.1. The molecule has 2 aliphatic rings. The fraction of sp³-hybridized carbons (Fsp3) is 0.769. The molecule has 3 rings (SSSR count). The summed E-state index contributed by atoms with van der Waals surface area (Å²) in [6, 6.07) is 0.0381. The molecule has 0 aromatic carbocycles. The van der Waals surface area contributed by atoms with Gasteiger partial charge in [-0.15, -0.1) is 0 Å². The van der Waals surface area contributed by atoms with Gasteiger partial charge >= 0.3 is 0 Å². The van der Waals surface area contributed by atoms with Gasteiger partial charge in [-0.2, -0.15) is 4.98 Å². The number of rotatable bonds is 4. The van der Waals surface area contributed by atoms with Crippen LogP contribution in [0.4, 0.5) is 0 Å². The Labute approximate surface area is 117 Å². The highest BCUT2D eigenvalue weighted by Crippen LogP contribution is 2.21. The van der Waals surface area contributed by atoms with E-state index in [9.17, 15) is 4.79 Å². The lowest BCUT2D eigenvalue weighted by atomic mass is 10.1. The van der Waals surface area contributed by atoms with Gasteiger partial charge in [0.05, 0.1) is 18.2 Å². The van der Waals surface area contributed by atoms with E-state index in [1.54, 1.807) is 0 Å². The van der Waals surface area contributed by atoms with E-state index in [2.05, 4.69) is 20.8 Å². The minimum Gasteiger partial charge on any atom is -0.376 e. The third kappa shape index (κ3) is 2.83. The highest BCUT2D eigenvalue weighted by atomic mass is 16.5. The van der Waals surface area contributed by atoms with Crippen LogP contribution in [0.15, 0.2) is 4.52 Å². The van der Waals surface area contributed by atoms with E-state index >= 15 is 0 Å². The highest BCUT2D eigenvalue weighted by molar-refractivity contribution is 5.90. The van der Waals surface area contributed by atoms with Gasteiger partial charge in [0.1, 0.15) is 0 Å². The third-order valence-corrected chi connectivity index (χ3v) is 3.88. The molecule has 1 aromatic heterocycles. The zero-order valence-electron chi connectivity index (χ0n) is 11.6. The normalized spacial score (nSPS) is 27.6. The van der Waals surface area contributed by atoms with Crippen molar-refractivity contribution in [2.24, 2.45) is 0 Å². The van der Waals surface area contributed by atoms with Crippen LogP contribution in [0.2, 0.25) is 0 Å². The van der Waals surface area contributed by atoms with Gasteiger partial charge in [0.2, 0.25) is 5.89 Å². The average Bonchev–Trinajstić information content (AvgIpc) is 3.19. The molecule has 7 nitrogen and oxygen atoms in total. The Bertz CT molecular complexity index is 464. The molecule has 3 heterocycles. The van der Waals surface area contributed by atoms with Crippen LogP contribution in [0.5, 0.6) is 0 Å². The number of hydrogen-bond donors (Lipinski definition) is 2. The summed E-state index contributed by atoms with van der Waals surface area (Å²) in [4.78, 5) is 16.2. The second kappa shape index (κ2) is 5.88. The number of hydrogen-bond acceptors (Lipinski definition) is 6. The molecule has 0 bridgehead atoms. The molecule has 20 heavy (non-hydrogen) atoms. The van der Waals surface area contributed by atoms with E-state index in [1.165, 1.54) is 0 Å². The molecule has 1 amide bonds. The van der Waals surface area contributed by atoms with Gasteiger partial charge in [-0.05, 0) is 39.2 Å². The molecule has 3 unspecified atom stereocenters. The summed E-state index contributed by atoms with van der Waals surface area (Å²) in [5, 5.41) is 9.90. The minimum absolute atomic E-state index is 0.0449. The third-order valence-electron chi connectivity index (χ3n) is 3.88. The lowest BCUT2D eigenvalue weighted by Crippen LogP contribution is -2.41. The number of carbonyl (C=O) groups excluding carboxylic acids is 1. The molecule has 0 aliphatic carbocycles. The van der Waals surface area contributed by atoms with Crippen molar-refractivity contribution in [1.29, 1.82) is 0 Å². The van der Waals surface area contributed by atoms with E-state index in [0.717, 1.165) is 38.8 Å². The average molecular weight is 280 g/mol. The Morgan fingerprint density at radius 3 is 3.05 bits per heavy atom. The molecular weight excluding hydrogens is 260 g/mol. The van der Waals surface area contributed by atoms with Crippen LogP contribution < -0.4 is 10.6 Å². The van der Waals surface area contributed by atoms with Crippen molar-refractivity contribution < 1.29 is 14.1 Å². The maximum Gasteiger partial charge on any atom is 0.292 e. The van der Waals surface area contributed by atoms with Crippen LogP contribution in [-0.2, 0) is 4.74 Å². The van der Waals surface area contributed by atoms with Crippen molar-refractivity contribution in [3.8, 4) is 0 Å². The molecule has 0 spiro atoms. The van der Waals surface area contributed by atoms with E-state index in [-0.39, 0.29) is 29.9 Å². The lowest BCUT2D eigenvalue weighted by molar-refractivity contribution is 0.0705. The van der Waals surface area contributed by atoms with E-state index in [1.807, 2.05) is 6.92 Å². The summed E-state index contributed by atoms with van der Waals surface area (Å²) in [5.41, 5.74) is 0. The number of nitrogens with one attached hydrogen (secondary N) is 2. The molecule has 2 saturated heterocycles. The van der Waals surface area contributed by atoms with Gasteiger partial charge in [0.15, 0.2) is 0 Å². The second-order valence-electron chi connectivity index (χ2n) is 5.42. The van der Waals surface area contributed by atoms with Gasteiger partial charge in [0.25, 0.3) is 11.7 Å². The number of aromatic nitrogens is 2. The first-order chi connectivity index (χ1) is 9.74. The van der Waals surface area contributed by atoms with Crippen LogP contribution >= 0.6 is 0 Å². The Morgan fingerprint density at radius 2 is 2.35 bits per heavy atom. The zero-order chi connectivity index (χ0) is 13.9. The summed E-state index contributed by atoms with van der Waals surface area (Å²) in [5.74, 6) is 0.289. The Balaban J connectivity index is 1.59. The monoisotopic (exact) mass is 280 g/mol. The van der Waals surface area contributed by atoms with Gasteiger partial charge < -0.3 is 19.9 Å². The summed E-state index contributed by atoms with van der Waals surface area (Å²) in [7, 11) is 0. The van der Waals surface area contributed by atoms with Crippen molar-refractivity contribution in [2.75, 3.05) is 13.2 Å². The lowest BCUT2D eigenvalue weighted by Gasteiger charge is -2.18. The summed E-state index contributed by atoms with van der Waals surface area (Å²) in [6.07, 6.45) is 4.16. The molecule has 2 N–H and O–H groups in total. The van der Waals surface area contributed by atoms with Gasteiger partial charge in [-0.3, -0.25) is 4.79 Å². The number of amides is 1. The van der Waals surface area contributed by atoms with Crippen LogP contribution in [0, 0.1) is 0 Å². The summed E-state index contributed by atoms with van der Waals surface area (Å²) < 4.78 is 10.7. The highest BCUT2D eigenvalue weighted by Gasteiger charge is 2.27. The predicted octanol–water partition coefficient (Wildman–Crippen LogP) is 0.791. The predicted molar refractivity (Wildman–Crippen MR) is 70.2 cm³/mol. The summed E-state index contributed by atoms with van der Waals surface area (Å²) in [6.45, 7) is 3.66. The smallest absolute Gasteiger partial charge is 0.292 e. The van der Waals surface area contributed by atoms with Crippen molar-refractivity contribution in [1.82, 2.24) is 20.8 Å². The topological polar surface area (TPSA) is 89.3 Å². The quantitative estimate of drug-likeness (QED) is 0.847. The molecule has 110 valence electrons. The van der Waals surface area contributed by atoms with Crippen LogP contribution in [-0.4, -0.2) is 41.3 Å². The number of nitrogens with zero attached hydrogens (tertiary/aromatic N) is 2. The summed E-state index contributed by atoms with van der Waals surface area (Å²) >= 11 is 0. The standard InChI is InChI=1S/C13H20N4O3/c1-8(10-5-3-7-19-10)15-12(18)11-16-13(20-17-11)9-4-2-6-14-9/h8-10,14H,2-7H2,1H3,(H,15,18). The van der Waals surface area contributed by atoms with Crippen molar-refractivity contribution >= 4 is 5.91 Å². The van der Waals surface area contributed by atoms with E-state index in [0.29, 0.717) is 5.89 Å². The van der Waals surface area contributed by atoms with Crippen LogP contribution in [0.25, 0.3) is 0 Å².